The maximum absolute atomic E-state index is 13.4. The molecule has 1 amide bonds. The van der Waals surface area contributed by atoms with Crippen molar-refractivity contribution in [2.24, 2.45) is 0 Å². The third-order valence-electron chi connectivity index (χ3n) is 5.93. The van der Waals surface area contributed by atoms with Crippen LogP contribution in [0.4, 0.5) is 5.13 Å². The first-order valence-corrected chi connectivity index (χ1v) is 12.8. The molecule has 2 aromatic heterocycles. The molecule has 4 aromatic rings. The fourth-order valence-corrected chi connectivity index (χ4v) is 5.25. The molecule has 2 aromatic carbocycles. The third-order valence-corrected chi connectivity index (χ3v) is 6.95. The number of carbonyl (C=O) groups is 2. The number of rotatable bonds is 8. The van der Waals surface area contributed by atoms with Crippen LogP contribution in [0.3, 0.4) is 0 Å². The van der Waals surface area contributed by atoms with Gasteiger partial charge < -0.3 is 14.6 Å². The average Bonchev–Trinajstić information content (AvgIpc) is 3.45. The van der Waals surface area contributed by atoms with Crippen molar-refractivity contribution in [1.29, 1.82) is 0 Å². The second-order valence-corrected chi connectivity index (χ2v) is 9.39. The molecule has 0 saturated carbocycles. The normalized spacial score (nSPS) is 16.9. The zero-order valence-electron chi connectivity index (χ0n) is 20.4. The van der Waals surface area contributed by atoms with E-state index in [0.717, 1.165) is 11.1 Å². The van der Waals surface area contributed by atoms with Crippen LogP contribution in [0.15, 0.2) is 72.6 Å². The summed E-state index contributed by atoms with van der Waals surface area (Å²) >= 11 is 1.28. The Bertz CT molecular complexity index is 1480. The third kappa shape index (κ3) is 4.65. The van der Waals surface area contributed by atoms with Crippen LogP contribution in [0, 0.1) is 0 Å². The van der Waals surface area contributed by atoms with Gasteiger partial charge >= 0.3 is 5.91 Å². The number of ether oxygens (including phenoxy) is 2. The standard InChI is InChI=1S/C28H25N3O5S/c1-3-15-36-19-7-5-18(6-8-19)25(32)23-24(17-11-13-29-14-12-17)31(27(34)26(23)33)28-30-21-10-9-20(35-4-2)16-22(21)37-28/h5-14,16,24,32H,3-4,15H2,1-2H3/b25-23+. The van der Waals surface area contributed by atoms with Gasteiger partial charge in [0, 0.05) is 18.0 Å². The molecule has 0 aliphatic carbocycles. The van der Waals surface area contributed by atoms with Gasteiger partial charge in [-0.1, -0.05) is 18.3 Å². The van der Waals surface area contributed by atoms with E-state index in [-0.39, 0.29) is 11.3 Å². The smallest absolute Gasteiger partial charge is 0.301 e. The van der Waals surface area contributed by atoms with Crippen LogP contribution in [0.5, 0.6) is 11.5 Å². The van der Waals surface area contributed by atoms with E-state index in [0.29, 0.717) is 46.5 Å². The van der Waals surface area contributed by atoms with Gasteiger partial charge in [-0.15, -0.1) is 0 Å². The van der Waals surface area contributed by atoms with Gasteiger partial charge in [-0.05, 0) is 73.5 Å². The van der Waals surface area contributed by atoms with Crippen molar-refractivity contribution in [3.63, 3.8) is 0 Å². The van der Waals surface area contributed by atoms with Crippen molar-refractivity contribution in [3.05, 3.63) is 83.7 Å². The molecular weight excluding hydrogens is 490 g/mol. The highest BCUT2D eigenvalue weighted by Gasteiger charge is 2.48. The summed E-state index contributed by atoms with van der Waals surface area (Å²) in [6.45, 7) is 5.02. The zero-order chi connectivity index (χ0) is 25.9. The predicted octanol–water partition coefficient (Wildman–Crippen LogP) is 5.51. The molecule has 1 saturated heterocycles. The quantitative estimate of drug-likeness (QED) is 0.188. The summed E-state index contributed by atoms with van der Waals surface area (Å²) in [4.78, 5) is 36.8. The highest BCUT2D eigenvalue weighted by atomic mass is 32.1. The highest BCUT2D eigenvalue weighted by Crippen LogP contribution is 2.44. The van der Waals surface area contributed by atoms with E-state index >= 15 is 0 Å². The Morgan fingerprint density at radius 3 is 2.43 bits per heavy atom. The Morgan fingerprint density at radius 2 is 1.73 bits per heavy atom. The van der Waals surface area contributed by atoms with Crippen LogP contribution >= 0.6 is 11.3 Å². The van der Waals surface area contributed by atoms with Crippen molar-refractivity contribution < 1.29 is 24.2 Å². The maximum Gasteiger partial charge on any atom is 0.301 e. The van der Waals surface area contributed by atoms with Gasteiger partial charge in [0.1, 0.15) is 17.3 Å². The number of aliphatic hydroxyl groups is 1. The lowest BCUT2D eigenvalue weighted by Crippen LogP contribution is -2.29. The summed E-state index contributed by atoms with van der Waals surface area (Å²) in [7, 11) is 0. The van der Waals surface area contributed by atoms with E-state index in [1.165, 1.54) is 16.2 Å². The van der Waals surface area contributed by atoms with Crippen LogP contribution < -0.4 is 14.4 Å². The summed E-state index contributed by atoms with van der Waals surface area (Å²) in [5.74, 6) is -0.436. The molecule has 5 rings (SSSR count). The monoisotopic (exact) mass is 515 g/mol. The average molecular weight is 516 g/mol. The maximum atomic E-state index is 13.4. The Morgan fingerprint density at radius 1 is 1.00 bits per heavy atom. The van der Waals surface area contributed by atoms with Crippen LogP contribution in [0.2, 0.25) is 0 Å². The summed E-state index contributed by atoms with van der Waals surface area (Å²) in [6.07, 6.45) is 4.04. The molecule has 0 bridgehead atoms. The van der Waals surface area contributed by atoms with Gasteiger partial charge in [-0.25, -0.2) is 4.98 Å². The molecule has 3 heterocycles. The topological polar surface area (TPSA) is 102 Å². The Balaban J connectivity index is 1.61. The molecule has 1 fully saturated rings. The van der Waals surface area contributed by atoms with Crippen molar-refractivity contribution in [2.75, 3.05) is 18.1 Å². The molecule has 1 aliphatic heterocycles. The Hall–Kier alpha value is -4.24. The first kappa shape index (κ1) is 24.5. The Labute approximate surface area is 217 Å². The van der Waals surface area contributed by atoms with E-state index in [9.17, 15) is 14.7 Å². The predicted molar refractivity (Wildman–Crippen MR) is 142 cm³/mol. The van der Waals surface area contributed by atoms with Crippen molar-refractivity contribution >= 4 is 44.1 Å². The fraction of sp³-hybridized carbons (Fsp3) is 0.214. The SMILES string of the molecule is CCCOc1ccc(/C(O)=C2\C(=O)C(=O)N(c3nc4ccc(OCC)cc4s3)C2c2ccncc2)cc1. The number of fused-ring (bicyclic) bond motifs is 1. The molecule has 1 atom stereocenters. The molecule has 37 heavy (non-hydrogen) atoms. The van der Waals surface area contributed by atoms with E-state index in [4.69, 9.17) is 9.47 Å². The lowest BCUT2D eigenvalue weighted by atomic mass is 9.96. The first-order valence-electron chi connectivity index (χ1n) is 12.0. The van der Waals surface area contributed by atoms with Crippen LogP contribution in [-0.4, -0.2) is 40.0 Å². The number of carbonyl (C=O) groups excluding carboxylic acids is 2. The summed E-state index contributed by atoms with van der Waals surface area (Å²) in [5.41, 5.74) is 1.72. The van der Waals surface area contributed by atoms with E-state index in [2.05, 4.69) is 9.97 Å². The molecule has 188 valence electrons. The van der Waals surface area contributed by atoms with E-state index in [1.54, 1.807) is 48.8 Å². The first-order chi connectivity index (χ1) is 18.0. The summed E-state index contributed by atoms with van der Waals surface area (Å²) < 4.78 is 12.0. The number of benzene rings is 2. The number of anilines is 1. The number of aliphatic hydroxyl groups excluding tert-OH is 1. The van der Waals surface area contributed by atoms with Gasteiger partial charge in [0.15, 0.2) is 5.13 Å². The van der Waals surface area contributed by atoms with Crippen molar-refractivity contribution in [2.45, 2.75) is 26.3 Å². The van der Waals surface area contributed by atoms with Gasteiger partial charge in [0.25, 0.3) is 5.78 Å². The minimum absolute atomic E-state index is 0.00677. The number of nitrogens with zero attached hydrogens (tertiary/aromatic N) is 3. The van der Waals surface area contributed by atoms with E-state index in [1.807, 2.05) is 32.0 Å². The molecule has 9 heteroatoms. The van der Waals surface area contributed by atoms with Crippen molar-refractivity contribution in [1.82, 2.24) is 9.97 Å². The largest absolute Gasteiger partial charge is 0.507 e. The molecule has 1 N–H and O–H groups in total. The lowest BCUT2D eigenvalue weighted by molar-refractivity contribution is -0.132. The number of pyridine rings is 1. The molecule has 0 radical (unpaired) electrons. The molecule has 8 nitrogen and oxygen atoms in total. The van der Waals surface area contributed by atoms with Gasteiger partial charge in [-0.3, -0.25) is 19.5 Å². The molecule has 1 unspecified atom stereocenters. The molecular formula is C28H25N3O5S. The number of hydrogen-bond donors (Lipinski definition) is 1. The second kappa shape index (κ2) is 10.4. The molecule has 0 spiro atoms. The number of ketones is 1. The van der Waals surface area contributed by atoms with Crippen LogP contribution in [0.25, 0.3) is 16.0 Å². The minimum atomic E-state index is -0.869. The number of amides is 1. The van der Waals surface area contributed by atoms with Gasteiger partial charge in [0.2, 0.25) is 0 Å². The van der Waals surface area contributed by atoms with Crippen molar-refractivity contribution in [3.8, 4) is 11.5 Å². The Kier molecular flexibility index (Phi) is 6.87. The number of aromatic nitrogens is 2. The number of thiazole rings is 1. The summed E-state index contributed by atoms with van der Waals surface area (Å²) in [5, 5.41) is 11.7. The van der Waals surface area contributed by atoms with E-state index < -0.39 is 17.7 Å². The number of hydrogen-bond acceptors (Lipinski definition) is 8. The van der Waals surface area contributed by atoms with Gasteiger partial charge in [0.05, 0.1) is 35.0 Å². The minimum Gasteiger partial charge on any atom is -0.507 e. The molecule has 1 aliphatic rings. The second-order valence-electron chi connectivity index (χ2n) is 8.38. The summed E-state index contributed by atoms with van der Waals surface area (Å²) in [6, 6.07) is 14.9. The van der Waals surface area contributed by atoms with Crippen LogP contribution in [0.1, 0.15) is 37.4 Å². The lowest BCUT2D eigenvalue weighted by Gasteiger charge is -2.22. The van der Waals surface area contributed by atoms with Gasteiger partial charge in [-0.2, -0.15) is 0 Å². The highest BCUT2D eigenvalue weighted by molar-refractivity contribution is 7.22. The zero-order valence-corrected chi connectivity index (χ0v) is 21.2. The number of Topliss-reactive ketones (excluding diaryl/α,β-unsaturated/α-hetero) is 1. The van der Waals surface area contributed by atoms with Crippen LogP contribution in [-0.2, 0) is 9.59 Å². The fourth-order valence-electron chi connectivity index (χ4n) is 4.23.